The first-order chi connectivity index (χ1) is 14.5. The third kappa shape index (κ3) is 4.91. The molecular formula is C21H26N4O5. The van der Waals surface area contributed by atoms with Crippen LogP contribution in [0.5, 0.6) is 17.2 Å². The Labute approximate surface area is 175 Å². The molecule has 1 aliphatic rings. The van der Waals surface area contributed by atoms with Crippen LogP contribution in [-0.2, 0) is 4.79 Å². The van der Waals surface area contributed by atoms with Crippen LogP contribution in [0.3, 0.4) is 0 Å². The number of nitrogens with zero attached hydrogens (tertiary/aromatic N) is 2. The molecule has 2 aromatic rings. The maximum atomic E-state index is 12.5. The predicted molar refractivity (Wildman–Crippen MR) is 113 cm³/mol. The lowest BCUT2D eigenvalue weighted by Crippen LogP contribution is -2.33. The van der Waals surface area contributed by atoms with E-state index in [0.717, 1.165) is 18.8 Å². The van der Waals surface area contributed by atoms with E-state index in [4.69, 9.17) is 14.2 Å². The number of pyridine rings is 1. The van der Waals surface area contributed by atoms with Crippen molar-refractivity contribution < 1.29 is 23.8 Å². The first-order valence-electron chi connectivity index (χ1n) is 9.64. The number of ether oxygens (including phenoxy) is 3. The lowest BCUT2D eigenvalue weighted by molar-refractivity contribution is -0.115. The zero-order chi connectivity index (χ0) is 21.5. The third-order valence-electron chi connectivity index (χ3n) is 4.82. The summed E-state index contributed by atoms with van der Waals surface area (Å²) in [6.45, 7) is 1.85. The zero-order valence-electron chi connectivity index (χ0n) is 17.4. The largest absolute Gasteiger partial charge is 0.493 e. The number of hydrogen-bond donors (Lipinski definition) is 2. The highest BCUT2D eigenvalue weighted by atomic mass is 16.5. The molecule has 0 spiro atoms. The Kier molecular flexibility index (Phi) is 6.95. The molecule has 0 unspecified atom stereocenters. The summed E-state index contributed by atoms with van der Waals surface area (Å²) in [5.41, 5.74) is 1.33. The van der Waals surface area contributed by atoms with Gasteiger partial charge in [0.2, 0.25) is 11.7 Å². The Morgan fingerprint density at radius 1 is 1.03 bits per heavy atom. The van der Waals surface area contributed by atoms with Crippen LogP contribution < -0.4 is 29.7 Å². The van der Waals surface area contributed by atoms with Gasteiger partial charge in [-0.2, -0.15) is 0 Å². The van der Waals surface area contributed by atoms with Gasteiger partial charge in [-0.05, 0) is 37.1 Å². The highest BCUT2D eigenvalue weighted by molar-refractivity contribution is 5.99. The van der Waals surface area contributed by atoms with Gasteiger partial charge in [0.25, 0.3) is 5.91 Å². The molecule has 1 aromatic heterocycles. The standard InChI is InChI=1S/C21H26N4O5/c1-28-16-10-14(11-17(29-2)20(16)30-3)21(27)23-13-19(26)24-18-7-6-15(12-22-18)25-8-4-5-9-25/h6-7,10-12H,4-5,8-9,13H2,1-3H3,(H,23,27)(H,22,24,26). The Hall–Kier alpha value is -3.49. The Morgan fingerprint density at radius 2 is 1.70 bits per heavy atom. The summed E-state index contributed by atoms with van der Waals surface area (Å²) in [4.78, 5) is 31.2. The second-order valence-electron chi connectivity index (χ2n) is 6.74. The van der Waals surface area contributed by atoms with Gasteiger partial charge >= 0.3 is 0 Å². The number of nitrogens with one attached hydrogen (secondary N) is 2. The molecule has 30 heavy (non-hydrogen) atoms. The number of carbonyl (C=O) groups is 2. The number of rotatable bonds is 8. The quantitative estimate of drug-likeness (QED) is 0.682. The van der Waals surface area contributed by atoms with Gasteiger partial charge in [0.05, 0.1) is 39.8 Å². The SMILES string of the molecule is COc1cc(C(=O)NCC(=O)Nc2ccc(N3CCCC3)cn2)cc(OC)c1OC. The fourth-order valence-corrected chi connectivity index (χ4v) is 3.28. The zero-order valence-corrected chi connectivity index (χ0v) is 17.4. The van der Waals surface area contributed by atoms with Gasteiger partial charge < -0.3 is 29.7 Å². The molecule has 0 aliphatic carbocycles. The molecule has 160 valence electrons. The highest BCUT2D eigenvalue weighted by Gasteiger charge is 2.18. The molecule has 1 fully saturated rings. The molecule has 0 saturated carbocycles. The van der Waals surface area contributed by atoms with Crippen LogP contribution in [0.4, 0.5) is 11.5 Å². The van der Waals surface area contributed by atoms with E-state index in [1.54, 1.807) is 12.3 Å². The number of carbonyl (C=O) groups excluding carboxylic acids is 2. The van der Waals surface area contributed by atoms with Crippen molar-refractivity contribution >= 4 is 23.3 Å². The Bertz CT molecular complexity index is 870. The normalized spacial score (nSPS) is 13.0. The Morgan fingerprint density at radius 3 is 2.23 bits per heavy atom. The minimum Gasteiger partial charge on any atom is -0.493 e. The monoisotopic (exact) mass is 414 g/mol. The molecule has 2 N–H and O–H groups in total. The van der Waals surface area contributed by atoms with Crippen LogP contribution in [0.1, 0.15) is 23.2 Å². The molecule has 1 saturated heterocycles. The predicted octanol–water partition coefficient (Wildman–Crippen LogP) is 2.08. The summed E-state index contributed by atoms with van der Waals surface area (Å²) >= 11 is 0. The lowest BCUT2D eigenvalue weighted by atomic mass is 10.1. The van der Waals surface area contributed by atoms with Crippen LogP contribution in [-0.4, -0.2) is 57.8 Å². The van der Waals surface area contributed by atoms with Crippen molar-refractivity contribution in [1.29, 1.82) is 0 Å². The maximum Gasteiger partial charge on any atom is 0.251 e. The van der Waals surface area contributed by atoms with Gasteiger partial charge in [-0.1, -0.05) is 0 Å². The van der Waals surface area contributed by atoms with Crippen molar-refractivity contribution in [3.05, 3.63) is 36.0 Å². The van der Waals surface area contributed by atoms with Crippen LogP contribution in [0.25, 0.3) is 0 Å². The smallest absolute Gasteiger partial charge is 0.251 e. The van der Waals surface area contributed by atoms with Crippen LogP contribution in [0, 0.1) is 0 Å². The average molecular weight is 414 g/mol. The number of benzene rings is 1. The van der Waals surface area contributed by atoms with E-state index in [2.05, 4.69) is 20.5 Å². The van der Waals surface area contributed by atoms with Crippen molar-refractivity contribution in [2.75, 3.05) is 51.2 Å². The molecule has 9 nitrogen and oxygen atoms in total. The van der Waals surface area contributed by atoms with Gasteiger partial charge in [-0.3, -0.25) is 9.59 Å². The van der Waals surface area contributed by atoms with Crippen molar-refractivity contribution in [3.8, 4) is 17.2 Å². The molecule has 2 heterocycles. The summed E-state index contributed by atoms with van der Waals surface area (Å²) in [7, 11) is 4.42. The highest BCUT2D eigenvalue weighted by Crippen LogP contribution is 2.38. The van der Waals surface area contributed by atoms with Gasteiger partial charge in [0, 0.05) is 18.7 Å². The maximum absolute atomic E-state index is 12.5. The van der Waals surface area contributed by atoms with E-state index in [0.29, 0.717) is 23.1 Å². The van der Waals surface area contributed by atoms with E-state index in [1.165, 1.54) is 46.3 Å². The molecule has 1 aliphatic heterocycles. The van der Waals surface area contributed by atoms with E-state index in [-0.39, 0.29) is 18.0 Å². The Balaban J connectivity index is 1.57. The van der Waals surface area contributed by atoms with Gasteiger partial charge in [0.15, 0.2) is 11.5 Å². The molecule has 9 heteroatoms. The molecule has 3 rings (SSSR count). The first-order valence-corrected chi connectivity index (χ1v) is 9.64. The molecule has 0 bridgehead atoms. The van der Waals surface area contributed by atoms with Gasteiger partial charge in [-0.15, -0.1) is 0 Å². The van der Waals surface area contributed by atoms with Crippen LogP contribution in [0.15, 0.2) is 30.5 Å². The number of anilines is 2. The number of amides is 2. The number of methoxy groups -OCH3 is 3. The summed E-state index contributed by atoms with van der Waals surface area (Å²) in [6.07, 6.45) is 4.11. The van der Waals surface area contributed by atoms with E-state index >= 15 is 0 Å². The third-order valence-corrected chi connectivity index (χ3v) is 4.82. The number of hydrogen-bond acceptors (Lipinski definition) is 7. The minimum absolute atomic E-state index is 0.203. The molecule has 0 atom stereocenters. The summed E-state index contributed by atoms with van der Waals surface area (Å²) in [5.74, 6) is 0.712. The molecule has 0 radical (unpaired) electrons. The van der Waals surface area contributed by atoms with E-state index in [9.17, 15) is 9.59 Å². The first kappa shape index (κ1) is 21.2. The van der Waals surface area contributed by atoms with Crippen LogP contribution in [0.2, 0.25) is 0 Å². The summed E-state index contributed by atoms with van der Waals surface area (Å²) in [6, 6.07) is 6.73. The second kappa shape index (κ2) is 9.82. The lowest BCUT2D eigenvalue weighted by Gasteiger charge is -2.17. The van der Waals surface area contributed by atoms with E-state index < -0.39 is 5.91 Å². The second-order valence-corrected chi connectivity index (χ2v) is 6.74. The van der Waals surface area contributed by atoms with Crippen molar-refractivity contribution in [3.63, 3.8) is 0 Å². The van der Waals surface area contributed by atoms with Gasteiger partial charge in [-0.25, -0.2) is 4.98 Å². The van der Waals surface area contributed by atoms with E-state index in [1.807, 2.05) is 6.07 Å². The molecule has 1 aromatic carbocycles. The van der Waals surface area contributed by atoms with Gasteiger partial charge in [0.1, 0.15) is 5.82 Å². The summed E-state index contributed by atoms with van der Waals surface area (Å²) in [5, 5.41) is 5.25. The van der Waals surface area contributed by atoms with Crippen molar-refractivity contribution in [2.24, 2.45) is 0 Å². The number of aromatic nitrogens is 1. The van der Waals surface area contributed by atoms with Crippen molar-refractivity contribution in [2.45, 2.75) is 12.8 Å². The van der Waals surface area contributed by atoms with Crippen molar-refractivity contribution in [1.82, 2.24) is 10.3 Å². The fraction of sp³-hybridized carbons (Fsp3) is 0.381. The van der Waals surface area contributed by atoms with Crippen LogP contribution >= 0.6 is 0 Å². The molecule has 2 amide bonds. The average Bonchev–Trinajstić information content (AvgIpc) is 3.31. The fourth-order valence-electron chi connectivity index (χ4n) is 3.28. The summed E-state index contributed by atoms with van der Waals surface area (Å²) < 4.78 is 15.7. The minimum atomic E-state index is -0.443. The topological polar surface area (TPSA) is 102 Å². The molecular weight excluding hydrogens is 388 g/mol.